The van der Waals surface area contributed by atoms with E-state index in [0.717, 1.165) is 0 Å². The van der Waals surface area contributed by atoms with Crippen LogP contribution in [0.15, 0.2) is 72.8 Å². The summed E-state index contributed by atoms with van der Waals surface area (Å²) in [6.07, 6.45) is 3.51. The molecule has 8 nitrogen and oxygen atoms in total. The van der Waals surface area contributed by atoms with E-state index < -0.39 is 5.97 Å². The lowest BCUT2D eigenvalue weighted by atomic mass is 9.87. The first-order chi connectivity index (χ1) is 18.9. The Morgan fingerprint density at radius 1 is 0.821 bits per heavy atom. The standard InChI is InChI=1S/C31H33NO7/c1-37-27-4-2-5-28(20-27)39-26-15-9-22(10-16-26)30(34)32-19-3-6-29(33)21-7-13-24(14-8-21)38-25-17-11-23(12-18-25)31(35)36/h2,4-5,7-10,13-16,20,23,25H,3,6,11-12,17-19H2,1H3,(H,32,34)(H,35,36). The predicted octanol–water partition coefficient (Wildman–Crippen LogP) is 5.90. The van der Waals surface area contributed by atoms with Gasteiger partial charge >= 0.3 is 5.97 Å². The van der Waals surface area contributed by atoms with Crippen LogP contribution >= 0.6 is 0 Å². The fourth-order valence-electron chi connectivity index (χ4n) is 4.51. The highest BCUT2D eigenvalue weighted by atomic mass is 16.5. The monoisotopic (exact) mass is 531 g/mol. The summed E-state index contributed by atoms with van der Waals surface area (Å²) in [4.78, 5) is 36.1. The van der Waals surface area contributed by atoms with Gasteiger partial charge in [-0.05, 0) is 92.8 Å². The highest BCUT2D eigenvalue weighted by molar-refractivity contribution is 5.96. The van der Waals surface area contributed by atoms with Crippen LogP contribution in [-0.4, -0.2) is 42.5 Å². The van der Waals surface area contributed by atoms with E-state index in [4.69, 9.17) is 19.3 Å². The van der Waals surface area contributed by atoms with Crippen LogP contribution in [0.2, 0.25) is 0 Å². The normalized spacial score (nSPS) is 16.6. The van der Waals surface area contributed by atoms with Crippen molar-refractivity contribution in [2.75, 3.05) is 13.7 Å². The number of carbonyl (C=O) groups excluding carboxylic acids is 2. The van der Waals surface area contributed by atoms with Gasteiger partial charge < -0.3 is 24.6 Å². The molecule has 204 valence electrons. The summed E-state index contributed by atoms with van der Waals surface area (Å²) in [5, 5.41) is 12.0. The molecular formula is C31H33NO7. The number of ketones is 1. The highest BCUT2D eigenvalue weighted by Gasteiger charge is 2.26. The number of carboxylic acids is 1. The first-order valence-corrected chi connectivity index (χ1v) is 13.1. The van der Waals surface area contributed by atoms with Gasteiger partial charge in [-0.1, -0.05) is 6.07 Å². The van der Waals surface area contributed by atoms with Crippen LogP contribution in [-0.2, 0) is 4.79 Å². The van der Waals surface area contributed by atoms with Crippen LogP contribution in [0.5, 0.6) is 23.0 Å². The molecule has 0 atom stereocenters. The molecule has 1 saturated carbocycles. The molecule has 0 saturated heterocycles. The van der Waals surface area contributed by atoms with Gasteiger partial charge in [-0.25, -0.2) is 0 Å². The maximum atomic E-state index is 12.6. The molecule has 0 radical (unpaired) electrons. The largest absolute Gasteiger partial charge is 0.497 e. The number of carboxylic acid groups (broad SMARTS) is 1. The van der Waals surface area contributed by atoms with Crippen molar-refractivity contribution < 1.29 is 33.7 Å². The number of aliphatic carboxylic acids is 1. The zero-order valence-corrected chi connectivity index (χ0v) is 21.9. The first-order valence-electron chi connectivity index (χ1n) is 13.1. The van der Waals surface area contributed by atoms with Crippen molar-refractivity contribution >= 4 is 17.7 Å². The van der Waals surface area contributed by atoms with Crippen LogP contribution in [0.4, 0.5) is 0 Å². The highest BCUT2D eigenvalue weighted by Crippen LogP contribution is 2.28. The lowest BCUT2D eigenvalue weighted by Gasteiger charge is -2.26. The molecule has 0 unspecified atom stereocenters. The van der Waals surface area contributed by atoms with Crippen molar-refractivity contribution in [1.82, 2.24) is 5.32 Å². The molecule has 1 amide bonds. The number of ether oxygens (including phenoxy) is 3. The Hall–Kier alpha value is -4.33. The molecule has 0 aliphatic heterocycles. The molecule has 1 aliphatic rings. The van der Waals surface area contributed by atoms with Crippen LogP contribution in [0.3, 0.4) is 0 Å². The predicted molar refractivity (Wildman–Crippen MR) is 146 cm³/mol. The third kappa shape index (κ3) is 8.07. The molecule has 0 aromatic heterocycles. The molecule has 1 aliphatic carbocycles. The molecule has 39 heavy (non-hydrogen) atoms. The average molecular weight is 532 g/mol. The van der Waals surface area contributed by atoms with Gasteiger partial charge in [0.1, 0.15) is 23.0 Å². The fourth-order valence-corrected chi connectivity index (χ4v) is 4.51. The van der Waals surface area contributed by atoms with Crippen molar-refractivity contribution in [3.05, 3.63) is 83.9 Å². The Morgan fingerprint density at radius 3 is 2.13 bits per heavy atom. The van der Waals surface area contributed by atoms with Crippen molar-refractivity contribution in [2.45, 2.75) is 44.6 Å². The number of hydrogen-bond donors (Lipinski definition) is 2. The van der Waals surface area contributed by atoms with E-state index in [9.17, 15) is 14.4 Å². The third-order valence-electron chi connectivity index (χ3n) is 6.76. The molecule has 3 aromatic rings. The zero-order chi connectivity index (χ0) is 27.6. The van der Waals surface area contributed by atoms with Crippen LogP contribution < -0.4 is 19.5 Å². The summed E-state index contributed by atoms with van der Waals surface area (Å²) >= 11 is 0. The molecule has 2 N–H and O–H groups in total. The van der Waals surface area contributed by atoms with Crippen molar-refractivity contribution in [3.8, 4) is 23.0 Å². The van der Waals surface area contributed by atoms with Gasteiger partial charge in [0.15, 0.2) is 5.78 Å². The van der Waals surface area contributed by atoms with Crippen molar-refractivity contribution in [1.29, 1.82) is 0 Å². The fraction of sp³-hybridized carbons (Fsp3) is 0.323. The number of carbonyl (C=O) groups is 3. The van der Waals surface area contributed by atoms with E-state index in [1.807, 2.05) is 18.2 Å². The molecule has 3 aromatic carbocycles. The van der Waals surface area contributed by atoms with E-state index in [1.165, 1.54) is 0 Å². The summed E-state index contributed by atoms with van der Waals surface area (Å²) < 4.78 is 17.0. The number of amides is 1. The molecule has 0 heterocycles. The lowest BCUT2D eigenvalue weighted by Crippen LogP contribution is -2.27. The van der Waals surface area contributed by atoms with E-state index >= 15 is 0 Å². The number of methoxy groups -OCH3 is 1. The topological polar surface area (TPSA) is 111 Å². The minimum Gasteiger partial charge on any atom is -0.497 e. The van der Waals surface area contributed by atoms with Crippen molar-refractivity contribution in [3.63, 3.8) is 0 Å². The molecule has 1 fully saturated rings. The van der Waals surface area contributed by atoms with Crippen molar-refractivity contribution in [2.24, 2.45) is 5.92 Å². The van der Waals surface area contributed by atoms with E-state index in [1.54, 1.807) is 61.7 Å². The quantitative estimate of drug-likeness (QED) is 0.221. The van der Waals surface area contributed by atoms with E-state index in [2.05, 4.69) is 5.32 Å². The minimum absolute atomic E-state index is 0.00228. The Balaban J connectivity index is 1.16. The Bertz CT molecular complexity index is 1260. The summed E-state index contributed by atoms with van der Waals surface area (Å²) in [6, 6.07) is 21.2. The zero-order valence-electron chi connectivity index (χ0n) is 21.9. The van der Waals surface area contributed by atoms with Gasteiger partial charge in [-0.3, -0.25) is 14.4 Å². The Labute approximate surface area is 227 Å². The Morgan fingerprint density at radius 2 is 1.46 bits per heavy atom. The number of rotatable bonds is 12. The molecule has 0 bridgehead atoms. The molecule has 4 rings (SSSR count). The van der Waals surface area contributed by atoms with E-state index in [-0.39, 0.29) is 23.7 Å². The summed E-state index contributed by atoms with van der Waals surface area (Å²) in [6.45, 7) is 0.382. The van der Waals surface area contributed by atoms with Gasteiger partial charge in [-0.2, -0.15) is 0 Å². The first kappa shape index (κ1) is 27.7. The maximum Gasteiger partial charge on any atom is 0.306 e. The summed E-state index contributed by atoms with van der Waals surface area (Å²) in [5.41, 5.74) is 1.10. The second-order valence-electron chi connectivity index (χ2n) is 9.54. The van der Waals surface area contributed by atoms with E-state index in [0.29, 0.717) is 79.2 Å². The van der Waals surface area contributed by atoms with Gasteiger partial charge in [-0.15, -0.1) is 0 Å². The summed E-state index contributed by atoms with van der Waals surface area (Å²) in [7, 11) is 1.59. The van der Waals surface area contributed by atoms with Gasteiger partial charge in [0.2, 0.25) is 0 Å². The lowest BCUT2D eigenvalue weighted by molar-refractivity contribution is -0.143. The van der Waals surface area contributed by atoms with Crippen LogP contribution in [0.1, 0.15) is 59.2 Å². The molecule has 8 heteroatoms. The van der Waals surface area contributed by atoms with Crippen LogP contribution in [0, 0.1) is 5.92 Å². The van der Waals surface area contributed by atoms with Crippen LogP contribution in [0.25, 0.3) is 0 Å². The maximum absolute atomic E-state index is 12.6. The smallest absolute Gasteiger partial charge is 0.306 e. The number of Topliss-reactive ketones (excluding diaryl/α,β-unsaturated/α-hetero) is 1. The summed E-state index contributed by atoms with van der Waals surface area (Å²) in [5.74, 6) is 1.39. The number of hydrogen-bond acceptors (Lipinski definition) is 6. The average Bonchev–Trinajstić information content (AvgIpc) is 2.96. The second-order valence-corrected chi connectivity index (χ2v) is 9.54. The third-order valence-corrected chi connectivity index (χ3v) is 6.76. The molecular weight excluding hydrogens is 498 g/mol. The van der Waals surface area contributed by atoms with Gasteiger partial charge in [0.05, 0.1) is 19.1 Å². The second kappa shape index (κ2) is 13.5. The van der Waals surface area contributed by atoms with Gasteiger partial charge in [0, 0.05) is 30.2 Å². The number of benzene rings is 3. The molecule has 0 spiro atoms. The number of nitrogens with one attached hydrogen (secondary N) is 1. The van der Waals surface area contributed by atoms with Gasteiger partial charge in [0.25, 0.3) is 5.91 Å². The SMILES string of the molecule is COc1cccc(Oc2ccc(C(=O)NCCCC(=O)c3ccc(OC4CCC(C(=O)O)CC4)cc3)cc2)c1. The Kier molecular flexibility index (Phi) is 9.56. The minimum atomic E-state index is -0.735.